The maximum atomic E-state index is 13.4. The Morgan fingerprint density at radius 3 is 2.60 bits per heavy atom. The van der Waals surface area contributed by atoms with E-state index in [1.165, 1.54) is 28.9 Å². The van der Waals surface area contributed by atoms with E-state index in [4.69, 9.17) is 0 Å². The summed E-state index contributed by atoms with van der Waals surface area (Å²) in [5, 5.41) is 3.80. The summed E-state index contributed by atoms with van der Waals surface area (Å²) in [4.78, 5) is 4.23. The molecule has 0 aliphatic rings. The van der Waals surface area contributed by atoms with Gasteiger partial charge in [-0.15, -0.1) is 0 Å². The molecule has 9 heteroatoms. The number of hydrogen-bond acceptors (Lipinski definition) is 3. The Bertz CT molecular complexity index is 904. The van der Waals surface area contributed by atoms with Gasteiger partial charge in [-0.25, -0.2) is 9.67 Å². The molecule has 0 fully saturated rings. The third kappa shape index (κ3) is 3.40. The third-order valence-electron chi connectivity index (χ3n) is 3.57. The Hall–Kier alpha value is -2.71. The van der Waals surface area contributed by atoms with E-state index in [-0.39, 0.29) is 28.0 Å². The molecule has 0 saturated carbocycles. The molecular weight excluding hydrogens is 345 g/mol. The fraction of sp³-hybridized carbons (Fsp3) is 0.250. The largest absolute Gasteiger partial charge is 0.435 e. The highest BCUT2D eigenvalue weighted by Crippen LogP contribution is 2.37. The van der Waals surface area contributed by atoms with Crippen LogP contribution in [-0.2, 0) is 12.7 Å². The lowest BCUT2D eigenvalue weighted by atomic mass is 10.1. The second kappa shape index (κ2) is 6.30. The standard InChI is InChI=1S/C16H12F5N3O/c1-2-24-14-11(8-22-24)12(16(19,20)21)7-13(23-14)9-4-3-5-10(6-9)25-15(17)18/h3-8,15H,2H2,1H3. The highest BCUT2D eigenvalue weighted by atomic mass is 19.4. The van der Waals surface area contributed by atoms with E-state index in [1.54, 1.807) is 6.92 Å². The molecular formula is C16H12F5N3O. The zero-order valence-corrected chi connectivity index (χ0v) is 12.9. The summed E-state index contributed by atoms with van der Waals surface area (Å²) in [7, 11) is 0. The molecule has 2 heterocycles. The van der Waals surface area contributed by atoms with Crippen molar-refractivity contribution in [2.24, 2.45) is 0 Å². The van der Waals surface area contributed by atoms with Crippen molar-refractivity contribution in [3.05, 3.63) is 42.1 Å². The first-order chi connectivity index (χ1) is 11.8. The second-order valence-electron chi connectivity index (χ2n) is 5.16. The molecule has 3 rings (SSSR count). The summed E-state index contributed by atoms with van der Waals surface area (Å²) in [6.07, 6.45) is -3.48. The van der Waals surface area contributed by atoms with Crippen LogP contribution in [0.1, 0.15) is 12.5 Å². The van der Waals surface area contributed by atoms with Gasteiger partial charge in [0.25, 0.3) is 0 Å². The summed E-state index contributed by atoms with van der Waals surface area (Å²) < 4.78 is 70.5. The fourth-order valence-corrected chi connectivity index (χ4v) is 2.49. The van der Waals surface area contributed by atoms with Crippen molar-refractivity contribution in [1.82, 2.24) is 14.8 Å². The van der Waals surface area contributed by atoms with Crippen LogP contribution >= 0.6 is 0 Å². The number of alkyl halides is 5. The Morgan fingerprint density at radius 1 is 1.20 bits per heavy atom. The average Bonchev–Trinajstić information content (AvgIpc) is 2.95. The molecule has 0 spiro atoms. The van der Waals surface area contributed by atoms with Gasteiger partial charge in [0, 0.05) is 12.1 Å². The summed E-state index contributed by atoms with van der Waals surface area (Å²) in [6, 6.07) is 6.26. The molecule has 0 radical (unpaired) electrons. The number of benzene rings is 1. The SMILES string of the molecule is CCn1ncc2c(C(F)(F)F)cc(-c3cccc(OC(F)F)c3)nc21. The number of nitrogens with zero attached hydrogens (tertiary/aromatic N) is 3. The first-order valence-electron chi connectivity index (χ1n) is 7.28. The normalized spacial score (nSPS) is 12.1. The Labute approximate surface area is 138 Å². The Morgan fingerprint density at radius 2 is 1.96 bits per heavy atom. The molecule has 0 atom stereocenters. The molecule has 0 unspecified atom stereocenters. The molecule has 0 amide bonds. The molecule has 4 nitrogen and oxygen atoms in total. The predicted octanol–water partition coefficient (Wildman–Crippen LogP) is 4.74. The topological polar surface area (TPSA) is 39.9 Å². The van der Waals surface area contributed by atoms with E-state index < -0.39 is 18.4 Å². The minimum atomic E-state index is -4.60. The molecule has 0 aliphatic carbocycles. The van der Waals surface area contributed by atoms with Crippen LogP contribution in [0.25, 0.3) is 22.3 Å². The number of halogens is 5. The third-order valence-corrected chi connectivity index (χ3v) is 3.57. The van der Waals surface area contributed by atoms with Gasteiger partial charge < -0.3 is 4.74 Å². The van der Waals surface area contributed by atoms with Gasteiger partial charge in [0.1, 0.15) is 5.75 Å². The molecule has 0 aliphatic heterocycles. The molecule has 132 valence electrons. The van der Waals surface area contributed by atoms with Crippen molar-refractivity contribution < 1.29 is 26.7 Å². The lowest BCUT2D eigenvalue weighted by Crippen LogP contribution is -2.08. The molecule has 0 N–H and O–H groups in total. The minimum absolute atomic E-state index is 0.00487. The van der Waals surface area contributed by atoms with Crippen LogP contribution in [0.3, 0.4) is 0 Å². The van der Waals surface area contributed by atoms with Crippen molar-refractivity contribution in [3.63, 3.8) is 0 Å². The van der Waals surface area contributed by atoms with Gasteiger partial charge in [0.15, 0.2) is 5.65 Å². The van der Waals surface area contributed by atoms with E-state index in [1.807, 2.05) is 0 Å². The van der Waals surface area contributed by atoms with Crippen LogP contribution in [0.2, 0.25) is 0 Å². The number of fused-ring (bicyclic) bond motifs is 1. The quantitative estimate of drug-likeness (QED) is 0.634. The van der Waals surface area contributed by atoms with Crippen molar-refractivity contribution in [2.75, 3.05) is 0 Å². The van der Waals surface area contributed by atoms with Crippen molar-refractivity contribution >= 4 is 11.0 Å². The average molecular weight is 357 g/mol. The van der Waals surface area contributed by atoms with E-state index in [0.717, 1.165) is 12.3 Å². The molecule has 0 bridgehead atoms. The van der Waals surface area contributed by atoms with Gasteiger partial charge in [0.2, 0.25) is 0 Å². The van der Waals surface area contributed by atoms with Crippen LogP contribution in [0.5, 0.6) is 5.75 Å². The Kier molecular flexibility index (Phi) is 4.32. The molecule has 25 heavy (non-hydrogen) atoms. The second-order valence-corrected chi connectivity index (χ2v) is 5.16. The predicted molar refractivity (Wildman–Crippen MR) is 80.3 cm³/mol. The maximum absolute atomic E-state index is 13.4. The van der Waals surface area contributed by atoms with Crippen LogP contribution in [0.4, 0.5) is 22.0 Å². The smallest absolute Gasteiger partial charge is 0.417 e. The van der Waals surface area contributed by atoms with E-state index in [9.17, 15) is 22.0 Å². The van der Waals surface area contributed by atoms with E-state index in [0.29, 0.717) is 6.54 Å². The van der Waals surface area contributed by atoms with Crippen molar-refractivity contribution in [3.8, 4) is 17.0 Å². The number of ether oxygens (including phenoxy) is 1. The molecule has 1 aromatic carbocycles. The van der Waals surface area contributed by atoms with Gasteiger partial charge in [-0.2, -0.15) is 27.1 Å². The summed E-state index contributed by atoms with van der Waals surface area (Å²) in [5.41, 5.74) is -0.580. The highest BCUT2D eigenvalue weighted by Gasteiger charge is 2.34. The minimum Gasteiger partial charge on any atom is -0.435 e. The van der Waals surface area contributed by atoms with E-state index >= 15 is 0 Å². The van der Waals surface area contributed by atoms with Crippen LogP contribution in [0, 0.1) is 0 Å². The molecule has 3 aromatic rings. The monoisotopic (exact) mass is 357 g/mol. The molecule has 2 aromatic heterocycles. The first kappa shape index (κ1) is 17.1. The summed E-state index contributed by atoms with van der Waals surface area (Å²) >= 11 is 0. The van der Waals surface area contributed by atoms with Crippen LogP contribution in [0.15, 0.2) is 36.5 Å². The number of aryl methyl sites for hydroxylation is 1. The van der Waals surface area contributed by atoms with Gasteiger partial charge >= 0.3 is 12.8 Å². The number of hydrogen-bond donors (Lipinski definition) is 0. The zero-order valence-electron chi connectivity index (χ0n) is 12.9. The Balaban J connectivity index is 2.19. The number of aromatic nitrogens is 3. The lowest BCUT2D eigenvalue weighted by Gasteiger charge is -2.12. The number of rotatable bonds is 4. The van der Waals surface area contributed by atoms with E-state index in [2.05, 4.69) is 14.8 Å². The molecule has 0 saturated heterocycles. The summed E-state index contributed by atoms with van der Waals surface area (Å²) in [5.74, 6) is -0.160. The maximum Gasteiger partial charge on any atom is 0.417 e. The van der Waals surface area contributed by atoms with Gasteiger partial charge in [-0.1, -0.05) is 12.1 Å². The van der Waals surface area contributed by atoms with Crippen molar-refractivity contribution in [1.29, 1.82) is 0 Å². The lowest BCUT2D eigenvalue weighted by molar-refractivity contribution is -0.136. The zero-order chi connectivity index (χ0) is 18.2. The van der Waals surface area contributed by atoms with Crippen molar-refractivity contribution in [2.45, 2.75) is 26.3 Å². The highest BCUT2D eigenvalue weighted by molar-refractivity contribution is 5.83. The number of pyridine rings is 1. The van der Waals surface area contributed by atoms with Gasteiger partial charge in [-0.3, -0.25) is 0 Å². The first-order valence-corrected chi connectivity index (χ1v) is 7.28. The summed E-state index contributed by atoms with van der Waals surface area (Å²) in [6.45, 7) is -0.963. The van der Waals surface area contributed by atoms with Gasteiger partial charge in [-0.05, 0) is 25.1 Å². The van der Waals surface area contributed by atoms with Crippen LogP contribution in [-0.4, -0.2) is 21.4 Å². The fourth-order valence-electron chi connectivity index (χ4n) is 2.49. The van der Waals surface area contributed by atoms with Crippen LogP contribution < -0.4 is 4.74 Å². The van der Waals surface area contributed by atoms with Gasteiger partial charge in [0.05, 0.1) is 22.8 Å².